The molecule has 0 aromatic carbocycles. The van der Waals surface area contributed by atoms with Crippen LogP contribution < -0.4 is 5.32 Å². The van der Waals surface area contributed by atoms with Crippen molar-refractivity contribution in [3.63, 3.8) is 0 Å². The first-order valence-corrected chi connectivity index (χ1v) is 7.64. The second kappa shape index (κ2) is 6.16. The standard InChI is InChI=1S/C14H19N3OS/c1-11-12(19-10-17-11)8-16-13(18)14(9-15)6-4-2-3-5-7-14/h10H,2-8H2,1H3,(H,16,18). The number of aromatic nitrogens is 1. The summed E-state index contributed by atoms with van der Waals surface area (Å²) in [5.74, 6) is -0.107. The van der Waals surface area contributed by atoms with Crippen molar-refractivity contribution in [1.82, 2.24) is 10.3 Å². The van der Waals surface area contributed by atoms with Crippen LogP contribution in [0.25, 0.3) is 0 Å². The van der Waals surface area contributed by atoms with E-state index in [1.54, 1.807) is 16.8 Å². The van der Waals surface area contributed by atoms with E-state index in [2.05, 4.69) is 16.4 Å². The van der Waals surface area contributed by atoms with Gasteiger partial charge in [-0.3, -0.25) is 4.79 Å². The fourth-order valence-corrected chi connectivity index (χ4v) is 3.26. The minimum absolute atomic E-state index is 0.107. The average molecular weight is 277 g/mol. The summed E-state index contributed by atoms with van der Waals surface area (Å²) in [6.07, 6.45) is 5.59. The van der Waals surface area contributed by atoms with Gasteiger partial charge in [0.25, 0.3) is 0 Å². The maximum Gasteiger partial charge on any atom is 0.240 e. The number of hydrogen-bond acceptors (Lipinski definition) is 4. The molecule has 1 N–H and O–H groups in total. The molecule has 5 heteroatoms. The highest BCUT2D eigenvalue weighted by Gasteiger charge is 2.38. The van der Waals surface area contributed by atoms with E-state index in [-0.39, 0.29) is 5.91 Å². The van der Waals surface area contributed by atoms with Crippen molar-refractivity contribution in [2.45, 2.75) is 52.0 Å². The Morgan fingerprint density at radius 3 is 2.68 bits per heavy atom. The van der Waals surface area contributed by atoms with Crippen molar-refractivity contribution in [3.8, 4) is 6.07 Å². The zero-order chi connectivity index (χ0) is 13.7. The predicted molar refractivity (Wildman–Crippen MR) is 74.4 cm³/mol. The van der Waals surface area contributed by atoms with Crippen LogP contribution in [0.2, 0.25) is 0 Å². The normalized spacial score (nSPS) is 18.3. The third-order valence-corrected chi connectivity index (χ3v) is 4.80. The number of hydrogen-bond donors (Lipinski definition) is 1. The van der Waals surface area contributed by atoms with Gasteiger partial charge in [-0.2, -0.15) is 5.26 Å². The average Bonchev–Trinajstić information content (AvgIpc) is 2.68. The van der Waals surface area contributed by atoms with Crippen LogP contribution in [0.15, 0.2) is 5.51 Å². The molecule has 1 saturated carbocycles. The first kappa shape index (κ1) is 14.0. The van der Waals surface area contributed by atoms with E-state index in [0.29, 0.717) is 19.4 Å². The quantitative estimate of drug-likeness (QED) is 0.864. The molecule has 0 bridgehead atoms. The maximum atomic E-state index is 12.4. The van der Waals surface area contributed by atoms with Crippen LogP contribution in [0.3, 0.4) is 0 Å². The molecule has 0 saturated heterocycles. The van der Waals surface area contributed by atoms with Crippen molar-refractivity contribution < 1.29 is 4.79 Å². The molecule has 2 rings (SSSR count). The van der Waals surface area contributed by atoms with Crippen molar-refractivity contribution in [2.24, 2.45) is 5.41 Å². The van der Waals surface area contributed by atoms with Crippen LogP contribution in [0.5, 0.6) is 0 Å². The molecule has 0 aliphatic heterocycles. The van der Waals surface area contributed by atoms with Gasteiger partial charge in [-0.05, 0) is 19.8 Å². The van der Waals surface area contributed by atoms with Gasteiger partial charge in [-0.1, -0.05) is 25.7 Å². The van der Waals surface area contributed by atoms with Gasteiger partial charge in [-0.15, -0.1) is 11.3 Å². The lowest BCUT2D eigenvalue weighted by Crippen LogP contribution is -2.39. The minimum Gasteiger partial charge on any atom is -0.350 e. The lowest BCUT2D eigenvalue weighted by Gasteiger charge is -2.23. The molecule has 1 heterocycles. The molecule has 4 nitrogen and oxygen atoms in total. The van der Waals surface area contributed by atoms with Crippen molar-refractivity contribution in [3.05, 3.63) is 16.1 Å². The molecule has 1 aromatic rings. The van der Waals surface area contributed by atoms with E-state index in [4.69, 9.17) is 0 Å². The topological polar surface area (TPSA) is 65.8 Å². The smallest absolute Gasteiger partial charge is 0.240 e. The number of aryl methyl sites for hydroxylation is 1. The van der Waals surface area contributed by atoms with Crippen molar-refractivity contribution >= 4 is 17.2 Å². The third-order valence-electron chi connectivity index (χ3n) is 3.86. The number of nitriles is 1. The molecule has 1 aliphatic carbocycles. The monoisotopic (exact) mass is 277 g/mol. The molecule has 1 aliphatic rings. The molecular formula is C14H19N3OS. The molecule has 1 fully saturated rings. The van der Waals surface area contributed by atoms with Crippen molar-refractivity contribution in [1.29, 1.82) is 5.26 Å². The Balaban J connectivity index is 2.01. The highest BCUT2D eigenvalue weighted by atomic mass is 32.1. The number of nitrogens with one attached hydrogen (secondary N) is 1. The molecule has 1 amide bonds. The number of carbonyl (C=O) groups excluding carboxylic acids is 1. The van der Waals surface area contributed by atoms with Gasteiger partial charge in [0.2, 0.25) is 5.91 Å². The Kier molecular flexibility index (Phi) is 4.54. The Hall–Kier alpha value is -1.41. The Bertz CT molecular complexity index is 481. The Morgan fingerprint density at radius 2 is 2.16 bits per heavy atom. The van der Waals surface area contributed by atoms with Gasteiger partial charge in [0, 0.05) is 4.88 Å². The SMILES string of the molecule is Cc1ncsc1CNC(=O)C1(C#N)CCCCCC1. The summed E-state index contributed by atoms with van der Waals surface area (Å²) in [6.45, 7) is 2.42. The van der Waals surface area contributed by atoms with Gasteiger partial charge in [-0.25, -0.2) is 4.98 Å². The van der Waals surface area contributed by atoms with Crippen LogP contribution >= 0.6 is 11.3 Å². The van der Waals surface area contributed by atoms with E-state index in [1.807, 2.05) is 6.92 Å². The molecule has 102 valence electrons. The van der Waals surface area contributed by atoms with Crippen LogP contribution in [-0.2, 0) is 11.3 Å². The Labute approximate surface area is 117 Å². The summed E-state index contributed by atoms with van der Waals surface area (Å²) in [5, 5.41) is 12.4. The largest absolute Gasteiger partial charge is 0.350 e. The summed E-state index contributed by atoms with van der Waals surface area (Å²) >= 11 is 1.54. The van der Waals surface area contributed by atoms with E-state index < -0.39 is 5.41 Å². The second-order valence-corrected chi connectivity index (χ2v) is 6.09. The number of amides is 1. The zero-order valence-electron chi connectivity index (χ0n) is 11.2. The predicted octanol–water partition coefficient (Wildman–Crippen LogP) is 2.93. The highest BCUT2D eigenvalue weighted by molar-refractivity contribution is 7.09. The van der Waals surface area contributed by atoms with Gasteiger partial charge >= 0.3 is 0 Å². The summed E-state index contributed by atoms with van der Waals surface area (Å²) in [5.41, 5.74) is 1.93. The van der Waals surface area contributed by atoms with E-state index in [0.717, 1.165) is 36.3 Å². The first-order chi connectivity index (χ1) is 9.18. The van der Waals surface area contributed by atoms with Gasteiger partial charge in [0.05, 0.1) is 23.8 Å². The van der Waals surface area contributed by atoms with Gasteiger partial charge in [0.15, 0.2) is 0 Å². The third kappa shape index (κ3) is 3.13. The van der Waals surface area contributed by atoms with Crippen molar-refractivity contribution in [2.75, 3.05) is 0 Å². The van der Waals surface area contributed by atoms with Crippen LogP contribution in [0.4, 0.5) is 0 Å². The Morgan fingerprint density at radius 1 is 1.47 bits per heavy atom. The fraction of sp³-hybridized carbons (Fsp3) is 0.643. The zero-order valence-corrected chi connectivity index (χ0v) is 12.1. The summed E-state index contributed by atoms with van der Waals surface area (Å²) in [6, 6.07) is 2.28. The van der Waals surface area contributed by atoms with E-state index in [1.165, 1.54) is 0 Å². The summed E-state index contributed by atoms with van der Waals surface area (Å²) < 4.78 is 0. The molecule has 0 radical (unpaired) electrons. The van der Waals surface area contributed by atoms with Crippen LogP contribution in [0, 0.1) is 23.7 Å². The van der Waals surface area contributed by atoms with E-state index >= 15 is 0 Å². The van der Waals surface area contributed by atoms with Gasteiger partial charge < -0.3 is 5.32 Å². The maximum absolute atomic E-state index is 12.4. The van der Waals surface area contributed by atoms with E-state index in [9.17, 15) is 10.1 Å². The summed E-state index contributed by atoms with van der Waals surface area (Å²) in [4.78, 5) is 17.6. The molecule has 0 unspecified atom stereocenters. The number of carbonyl (C=O) groups is 1. The molecule has 19 heavy (non-hydrogen) atoms. The molecular weight excluding hydrogens is 258 g/mol. The molecule has 1 aromatic heterocycles. The lowest BCUT2D eigenvalue weighted by atomic mass is 9.81. The fourth-order valence-electron chi connectivity index (χ4n) is 2.55. The van der Waals surface area contributed by atoms with Crippen LogP contribution in [-0.4, -0.2) is 10.9 Å². The highest BCUT2D eigenvalue weighted by Crippen LogP contribution is 2.34. The van der Waals surface area contributed by atoms with Crippen LogP contribution in [0.1, 0.15) is 49.1 Å². The summed E-state index contributed by atoms with van der Waals surface area (Å²) in [7, 11) is 0. The van der Waals surface area contributed by atoms with Gasteiger partial charge in [0.1, 0.15) is 5.41 Å². The minimum atomic E-state index is -0.810. The molecule has 0 spiro atoms. The second-order valence-electron chi connectivity index (χ2n) is 5.15. The lowest BCUT2D eigenvalue weighted by molar-refractivity contribution is -0.128. The first-order valence-electron chi connectivity index (χ1n) is 6.76. The number of nitrogens with zero attached hydrogens (tertiary/aromatic N) is 2. The molecule has 0 atom stereocenters. The number of rotatable bonds is 3. The number of thiazole rings is 1.